The lowest BCUT2D eigenvalue weighted by Gasteiger charge is -2.44. The molecule has 0 aromatic carbocycles. The highest BCUT2D eigenvalue weighted by atomic mass is 32.2. The van der Waals surface area contributed by atoms with Crippen LogP contribution in [0.25, 0.3) is 0 Å². The second kappa shape index (κ2) is 6.41. The number of fused-ring (bicyclic) bond motifs is 3. The first-order chi connectivity index (χ1) is 9.74. The molecule has 5 nitrogen and oxygen atoms in total. The van der Waals surface area contributed by atoms with Crippen LogP contribution in [0.5, 0.6) is 0 Å². The maximum absolute atomic E-state index is 10.5. The van der Waals surface area contributed by atoms with E-state index in [0.29, 0.717) is 12.3 Å². The van der Waals surface area contributed by atoms with Gasteiger partial charge in [0.05, 0.1) is 17.4 Å². The van der Waals surface area contributed by atoms with Gasteiger partial charge in [-0.3, -0.25) is 4.79 Å². The summed E-state index contributed by atoms with van der Waals surface area (Å²) in [6, 6.07) is 0. The van der Waals surface area contributed by atoms with Crippen molar-refractivity contribution in [1.82, 2.24) is 13.6 Å². The number of carbonyl (C=O) groups is 1. The van der Waals surface area contributed by atoms with Crippen LogP contribution in [0.2, 0.25) is 0 Å². The number of aromatic nitrogens is 2. The minimum Gasteiger partial charge on any atom is -0.481 e. The number of hydrogen-bond acceptors (Lipinski definition) is 6. The molecule has 7 heteroatoms. The summed E-state index contributed by atoms with van der Waals surface area (Å²) >= 11 is 2.97. The number of aliphatic carboxylic acids is 1. The molecular formula is C13H19N3O2S2. The highest BCUT2D eigenvalue weighted by molar-refractivity contribution is 7.99. The van der Waals surface area contributed by atoms with Crippen molar-refractivity contribution in [2.45, 2.75) is 36.6 Å². The van der Waals surface area contributed by atoms with E-state index in [9.17, 15) is 4.79 Å². The Bertz CT molecular complexity index is 472. The summed E-state index contributed by atoms with van der Waals surface area (Å²) in [5, 5.41) is 9.70. The summed E-state index contributed by atoms with van der Waals surface area (Å²) in [6.45, 7) is 3.60. The molecular weight excluding hydrogens is 294 g/mol. The predicted molar refractivity (Wildman–Crippen MR) is 79.4 cm³/mol. The third-order valence-corrected chi connectivity index (χ3v) is 5.99. The predicted octanol–water partition coefficient (Wildman–Crippen LogP) is 2.30. The number of hydrogen-bond donors (Lipinski definition) is 1. The lowest BCUT2D eigenvalue weighted by atomic mass is 9.78. The first-order valence-electron chi connectivity index (χ1n) is 7.13. The molecule has 1 aromatic rings. The molecule has 3 saturated heterocycles. The summed E-state index contributed by atoms with van der Waals surface area (Å²) < 4.78 is 8.96. The van der Waals surface area contributed by atoms with Gasteiger partial charge in [0.15, 0.2) is 0 Å². The van der Waals surface area contributed by atoms with E-state index < -0.39 is 5.97 Å². The minimum atomic E-state index is -0.723. The van der Waals surface area contributed by atoms with Crippen LogP contribution in [0.15, 0.2) is 5.03 Å². The molecule has 4 heterocycles. The molecule has 0 saturated carbocycles. The van der Waals surface area contributed by atoms with Crippen molar-refractivity contribution in [3.63, 3.8) is 0 Å². The maximum Gasteiger partial charge on any atom is 0.303 e. The zero-order chi connectivity index (χ0) is 13.9. The van der Waals surface area contributed by atoms with E-state index in [1.54, 1.807) is 11.8 Å². The van der Waals surface area contributed by atoms with E-state index in [2.05, 4.69) is 13.6 Å². The van der Waals surface area contributed by atoms with E-state index >= 15 is 0 Å². The van der Waals surface area contributed by atoms with Crippen molar-refractivity contribution < 1.29 is 9.90 Å². The molecule has 0 aliphatic carbocycles. The second-order valence-electron chi connectivity index (χ2n) is 5.54. The highest BCUT2D eigenvalue weighted by Crippen LogP contribution is 2.41. The fourth-order valence-corrected chi connectivity index (χ4v) is 4.89. The zero-order valence-corrected chi connectivity index (χ0v) is 13.0. The first kappa shape index (κ1) is 14.3. The van der Waals surface area contributed by atoms with Gasteiger partial charge in [-0.2, -0.15) is 8.75 Å². The van der Waals surface area contributed by atoms with Gasteiger partial charge in [0.25, 0.3) is 0 Å². The first-order valence-corrected chi connectivity index (χ1v) is 8.85. The van der Waals surface area contributed by atoms with Gasteiger partial charge in [-0.1, -0.05) is 0 Å². The van der Waals surface area contributed by atoms with Gasteiger partial charge in [0.2, 0.25) is 0 Å². The Hall–Kier alpha value is -0.660. The van der Waals surface area contributed by atoms with Crippen molar-refractivity contribution in [1.29, 1.82) is 0 Å². The van der Waals surface area contributed by atoms with Gasteiger partial charge in [-0.15, -0.1) is 11.8 Å². The topological polar surface area (TPSA) is 66.3 Å². The van der Waals surface area contributed by atoms with Crippen LogP contribution >= 0.6 is 23.5 Å². The molecule has 2 bridgehead atoms. The molecule has 3 fully saturated rings. The van der Waals surface area contributed by atoms with Crippen LogP contribution < -0.4 is 0 Å². The molecule has 4 rings (SSSR count). The number of nitrogens with zero attached hydrogens (tertiary/aromatic N) is 3. The van der Waals surface area contributed by atoms with E-state index in [1.807, 2.05) is 0 Å². The fourth-order valence-electron chi connectivity index (χ4n) is 3.18. The van der Waals surface area contributed by atoms with Gasteiger partial charge in [-0.25, -0.2) is 0 Å². The SMILES string of the molecule is O=C(O)CCCSc1nsnc1C1CN2CCC1CC2. The van der Waals surface area contributed by atoms with Crippen molar-refractivity contribution in [3.05, 3.63) is 5.69 Å². The van der Waals surface area contributed by atoms with E-state index in [4.69, 9.17) is 5.11 Å². The van der Waals surface area contributed by atoms with Gasteiger partial charge >= 0.3 is 5.97 Å². The average molecular weight is 313 g/mol. The van der Waals surface area contributed by atoms with Crippen molar-refractivity contribution >= 4 is 29.5 Å². The molecule has 3 aliphatic rings. The third kappa shape index (κ3) is 3.15. The summed E-state index contributed by atoms with van der Waals surface area (Å²) in [7, 11) is 0. The van der Waals surface area contributed by atoms with Crippen molar-refractivity contribution in [2.75, 3.05) is 25.4 Å². The van der Waals surface area contributed by atoms with E-state index in [-0.39, 0.29) is 6.42 Å². The summed E-state index contributed by atoms with van der Waals surface area (Å²) in [4.78, 5) is 13.1. The molecule has 0 radical (unpaired) electrons. The van der Waals surface area contributed by atoms with Crippen LogP contribution in [0.4, 0.5) is 0 Å². The number of thioether (sulfide) groups is 1. The van der Waals surface area contributed by atoms with Gasteiger partial charge < -0.3 is 10.0 Å². The lowest BCUT2D eigenvalue weighted by Crippen LogP contribution is -2.46. The number of carboxylic acids is 1. The molecule has 3 aliphatic heterocycles. The molecule has 1 N–H and O–H groups in total. The number of piperidine rings is 3. The summed E-state index contributed by atoms with van der Waals surface area (Å²) in [6.07, 6.45) is 3.49. The minimum absolute atomic E-state index is 0.236. The Balaban J connectivity index is 1.60. The Morgan fingerprint density at radius 1 is 1.40 bits per heavy atom. The van der Waals surface area contributed by atoms with Gasteiger partial charge in [0.1, 0.15) is 5.03 Å². The number of rotatable bonds is 6. The van der Waals surface area contributed by atoms with Gasteiger partial charge in [-0.05, 0) is 38.3 Å². The molecule has 0 spiro atoms. The average Bonchev–Trinajstić information content (AvgIpc) is 2.93. The molecule has 1 aromatic heterocycles. The zero-order valence-electron chi connectivity index (χ0n) is 11.3. The van der Waals surface area contributed by atoms with Crippen LogP contribution in [0.1, 0.15) is 37.3 Å². The monoisotopic (exact) mass is 313 g/mol. The fraction of sp³-hybridized carbons (Fsp3) is 0.769. The van der Waals surface area contributed by atoms with Crippen LogP contribution in [-0.2, 0) is 4.79 Å². The standard InChI is InChI=1S/C13H19N3O2S2/c17-11(18)2-1-7-19-13-12(14-20-15-13)10-8-16-5-3-9(10)4-6-16/h9-10H,1-8H2,(H,17,18). The normalized spacial score (nSPS) is 28.7. The second-order valence-corrected chi connectivity index (χ2v) is 7.16. The van der Waals surface area contributed by atoms with Crippen molar-refractivity contribution in [2.24, 2.45) is 5.92 Å². The largest absolute Gasteiger partial charge is 0.481 e. The molecule has 20 heavy (non-hydrogen) atoms. The summed E-state index contributed by atoms with van der Waals surface area (Å²) in [5.41, 5.74) is 1.17. The molecule has 0 amide bonds. The Morgan fingerprint density at radius 3 is 2.85 bits per heavy atom. The van der Waals surface area contributed by atoms with Crippen LogP contribution in [0.3, 0.4) is 0 Å². The summed E-state index contributed by atoms with van der Waals surface area (Å²) in [5.74, 6) is 1.39. The third-order valence-electron chi connectivity index (χ3n) is 4.26. The van der Waals surface area contributed by atoms with Crippen LogP contribution in [0, 0.1) is 5.92 Å². The quantitative estimate of drug-likeness (QED) is 0.642. The van der Waals surface area contributed by atoms with Crippen molar-refractivity contribution in [3.8, 4) is 0 Å². The maximum atomic E-state index is 10.5. The van der Waals surface area contributed by atoms with E-state index in [0.717, 1.165) is 23.2 Å². The Morgan fingerprint density at radius 2 is 2.20 bits per heavy atom. The molecule has 1 unspecified atom stereocenters. The Labute approximate surface area is 127 Å². The Kier molecular flexibility index (Phi) is 4.58. The molecule has 110 valence electrons. The smallest absolute Gasteiger partial charge is 0.303 e. The lowest BCUT2D eigenvalue weighted by molar-refractivity contribution is -0.137. The van der Waals surface area contributed by atoms with Gasteiger partial charge in [0, 0.05) is 24.6 Å². The van der Waals surface area contributed by atoms with E-state index in [1.165, 1.54) is 43.4 Å². The highest BCUT2D eigenvalue weighted by Gasteiger charge is 2.37. The van der Waals surface area contributed by atoms with Crippen LogP contribution in [-0.4, -0.2) is 50.1 Å². The number of carboxylic acid groups (broad SMARTS) is 1. The molecule has 1 atom stereocenters.